The fourth-order valence-corrected chi connectivity index (χ4v) is 2.30. The first-order valence-corrected chi connectivity index (χ1v) is 6.12. The SMILES string of the molecule is CC(C)S(=O)(=O)n1ncc2cc[c]cc21. The van der Waals surface area contributed by atoms with Gasteiger partial charge in [-0.1, -0.05) is 12.1 Å². The molecule has 0 atom stereocenters. The Morgan fingerprint density at radius 3 is 2.87 bits per heavy atom. The van der Waals surface area contributed by atoms with Crippen molar-refractivity contribution in [2.45, 2.75) is 19.1 Å². The fourth-order valence-electron chi connectivity index (χ4n) is 1.29. The Kier molecular flexibility index (Phi) is 2.26. The van der Waals surface area contributed by atoms with Crippen LogP contribution in [0.2, 0.25) is 0 Å². The largest absolute Gasteiger partial charge is 0.256 e. The van der Waals surface area contributed by atoms with E-state index < -0.39 is 15.3 Å². The van der Waals surface area contributed by atoms with E-state index in [1.54, 1.807) is 38.2 Å². The molecule has 1 heterocycles. The van der Waals surface area contributed by atoms with Crippen molar-refractivity contribution in [2.75, 3.05) is 0 Å². The average molecular weight is 223 g/mol. The van der Waals surface area contributed by atoms with Gasteiger partial charge in [0.15, 0.2) is 0 Å². The Labute approximate surface area is 88.6 Å². The van der Waals surface area contributed by atoms with E-state index in [0.717, 1.165) is 9.47 Å². The molecule has 0 aliphatic carbocycles. The van der Waals surface area contributed by atoms with Crippen molar-refractivity contribution in [3.63, 3.8) is 0 Å². The molecule has 0 spiro atoms. The number of hydrogen-bond acceptors (Lipinski definition) is 3. The summed E-state index contributed by atoms with van der Waals surface area (Å²) in [5.74, 6) is 0. The van der Waals surface area contributed by atoms with Gasteiger partial charge in [-0.2, -0.15) is 9.19 Å². The Morgan fingerprint density at radius 2 is 2.20 bits per heavy atom. The molecule has 2 aromatic rings. The van der Waals surface area contributed by atoms with Gasteiger partial charge < -0.3 is 0 Å². The lowest BCUT2D eigenvalue weighted by Gasteiger charge is -2.08. The minimum absolute atomic E-state index is 0.485. The zero-order valence-electron chi connectivity index (χ0n) is 8.51. The summed E-state index contributed by atoms with van der Waals surface area (Å²) in [4.78, 5) is 0. The van der Waals surface area contributed by atoms with Gasteiger partial charge in [0.25, 0.3) is 10.0 Å². The van der Waals surface area contributed by atoms with E-state index in [0.29, 0.717) is 5.52 Å². The summed E-state index contributed by atoms with van der Waals surface area (Å²) in [6, 6.07) is 7.99. The van der Waals surface area contributed by atoms with Gasteiger partial charge in [0.2, 0.25) is 0 Å². The van der Waals surface area contributed by atoms with E-state index in [4.69, 9.17) is 0 Å². The molecule has 2 rings (SSSR count). The number of benzene rings is 1. The van der Waals surface area contributed by atoms with Gasteiger partial charge in [-0.3, -0.25) is 0 Å². The van der Waals surface area contributed by atoms with E-state index in [1.165, 1.54) is 0 Å². The number of hydrogen-bond donors (Lipinski definition) is 0. The molecule has 0 amide bonds. The van der Waals surface area contributed by atoms with Crippen LogP contribution < -0.4 is 0 Å². The normalized spacial score (nSPS) is 12.5. The van der Waals surface area contributed by atoms with Crippen LogP contribution in [0.3, 0.4) is 0 Å². The molecule has 79 valence electrons. The lowest BCUT2D eigenvalue weighted by atomic mass is 10.3. The van der Waals surface area contributed by atoms with Crippen LogP contribution >= 0.6 is 0 Å². The molecule has 0 saturated carbocycles. The van der Waals surface area contributed by atoms with Gasteiger partial charge >= 0.3 is 0 Å². The maximum atomic E-state index is 11.9. The molecule has 0 fully saturated rings. The molecule has 1 aromatic heterocycles. The molecule has 15 heavy (non-hydrogen) atoms. The molecular formula is C10H11N2O2S. The van der Waals surface area contributed by atoms with Gasteiger partial charge in [0.05, 0.1) is 17.0 Å². The molecule has 1 aromatic carbocycles. The van der Waals surface area contributed by atoms with Gasteiger partial charge in [0.1, 0.15) is 0 Å². The van der Waals surface area contributed by atoms with Crippen LogP contribution in [0.25, 0.3) is 10.9 Å². The molecule has 0 bridgehead atoms. The number of aromatic nitrogens is 2. The molecule has 0 aliphatic rings. The summed E-state index contributed by atoms with van der Waals surface area (Å²) in [5, 5.41) is 4.22. The first-order chi connectivity index (χ1) is 7.03. The number of fused-ring (bicyclic) bond motifs is 1. The van der Waals surface area contributed by atoms with Crippen LogP contribution in [0.1, 0.15) is 13.8 Å². The second-order valence-electron chi connectivity index (χ2n) is 3.57. The second kappa shape index (κ2) is 3.34. The predicted molar refractivity (Wildman–Crippen MR) is 58.0 cm³/mol. The zero-order chi connectivity index (χ0) is 11.1. The maximum absolute atomic E-state index is 11.9. The van der Waals surface area contributed by atoms with E-state index in [9.17, 15) is 8.42 Å². The van der Waals surface area contributed by atoms with Crippen LogP contribution in [0, 0.1) is 6.07 Å². The average Bonchev–Trinajstić information content (AvgIpc) is 2.61. The molecule has 0 saturated heterocycles. The van der Waals surface area contributed by atoms with Crippen molar-refractivity contribution < 1.29 is 8.42 Å². The van der Waals surface area contributed by atoms with E-state index in [2.05, 4.69) is 11.2 Å². The lowest BCUT2D eigenvalue weighted by molar-refractivity contribution is 0.573. The van der Waals surface area contributed by atoms with Crippen LogP contribution in [0.15, 0.2) is 24.4 Å². The molecule has 5 heteroatoms. The summed E-state index contributed by atoms with van der Waals surface area (Å²) in [6.45, 7) is 3.27. The first kappa shape index (κ1) is 10.2. The minimum Gasteiger partial charge on any atom is -0.204 e. The highest BCUT2D eigenvalue weighted by Gasteiger charge is 2.21. The van der Waals surface area contributed by atoms with Gasteiger partial charge in [-0.15, -0.1) is 0 Å². The highest BCUT2D eigenvalue weighted by Crippen LogP contribution is 2.16. The van der Waals surface area contributed by atoms with Crippen molar-refractivity contribution in [3.05, 3.63) is 30.5 Å². The first-order valence-electron chi connectivity index (χ1n) is 4.61. The van der Waals surface area contributed by atoms with Crippen molar-refractivity contribution in [3.8, 4) is 0 Å². The van der Waals surface area contributed by atoms with Crippen LogP contribution in [0.4, 0.5) is 0 Å². The summed E-state index contributed by atoms with van der Waals surface area (Å²) in [7, 11) is -3.37. The Morgan fingerprint density at radius 1 is 1.47 bits per heavy atom. The van der Waals surface area contributed by atoms with Crippen molar-refractivity contribution in [1.82, 2.24) is 9.19 Å². The highest BCUT2D eigenvalue weighted by atomic mass is 32.2. The Bertz CT molecular complexity index is 584. The minimum atomic E-state index is -3.37. The van der Waals surface area contributed by atoms with Crippen LogP contribution in [-0.2, 0) is 10.0 Å². The fraction of sp³-hybridized carbons (Fsp3) is 0.300. The van der Waals surface area contributed by atoms with Gasteiger partial charge in [-0.05, 0) is 26.0 Å². The molecular weight excluding hydrogens is 212 g/mol. The van der Waals surface area contributed by atoms with E-state index in [-0.39, 0.29) is 0 Å². The summed E-state index contributed by atoms with van der Waals surface area (Å²) >= 11 is 0. The topological polar surface area (TPSA) is 52.0 Å². The third kappa shape index (κ3) is 1.52. The van der Waals surface area contributed by atoms with Crippen molar-refractivity contribution >= 4 is 20.9 Å². The van der Waals surface area contributed by atoms with Gasteiger partial charge in [-0.25, -0.2) is 8.42 Å². The number of nitrogens with zero attached hydrogens (tertiary/aromatic N) is 2. The van der Waals surface area contributed by atoms with E-state index >= 15 is 0 Å². The third-order valence-electron chi connectivity index (χ3n) is 2.22. The summed E-state index contributed by atoms with van der Waals surface area (Å²) in [6.07, 6.45) is 1.54. The smallest absolute Gasteiger partial charge is 0.204 e. The summed E-state index contributed by atoms with van der Waals surface area (Å²) < 4.78 is 24.9. The van der Waals surface area contributed by atoms with Crippen LogP contribution in [0.5, 0.6) is 0 Å². The van der Waals surface area contributed by atoms with E-state index in [1.807, 2.05) is 0 Å². The monoisotopic (exact) mass is 223 g/mol. The molecule has 1 radical (unpaired) electrons. The Hall–Kier alpha value is -1.36. The predicted octanol–water partition coefficient (Wildman–Crippen LogP) is 1.42. The molecule has 0 aliphatic heterocycles. The molecule has 0 unspecified atom stereocenters. The van der Waals surface area contributed by atoms with Gasteiger partial charge in [0, 0.05) is 5.39 Å². The zero-order valence-corrected chi connectivity index (χ0v) is 9.32. The lowest BCUT2D eigenvalue weighted by Crippen LogP contribution is -2.23. The van der Waals surface area contributed by atoms with Crippen molar-refractivity contribution in [2.24, 2.45) is 0 Å². The molecule has 0 N–H and O–H groups in total. The number of rotatable bonds is 2. The molecule has 4 nitrogen and oxygen atoms in total. The summed E-state index contributed by atoms with van der Waals surface area (Å²) in [5.41, 5.74) is 0.575. The third-order valence-corrected chi connectivity index (χ3v) is 4.18. The van der Waals surface area contributed by atoms with Crippen LogP contribution in [-0.4, -0.2) is 22.9 Å². The maximum Gasteiger partial charge on any atom is 0.256 e. The Balaban J connectivity index is 2.74. The second-order valence-corrected chi connectivity index (χ2v) is 5.88. The van der Waals surface area contributed by atoms with Crippen molar-refractivity contribution in [1.29, 1.82) is 0 Å². The standard InChI is InChI=1S/C10H11N2O2S/c1-8(2)15(13,14)12-10-6-4-3-5-9(10)7-11-12/h3,5-8H,1-2H3. The highest BCUT2D eigenvalue weighted by molar-refractivity contribution is 7.90. The quantitative estimate of drug-likeness (QED) is 0.773.